The molecule has 0 N–H and O–H groups in total. The van der Waals surface area contributed by atoms with Crippen LogP contribution in [0.5, 0.6) is 0 Å². The Kier molecular flexibility index (Phi) is 10.2. The summed E-state index contributed by atoms with van der Waals surface area (Å²) in [6, 6.07) is 103. The van der Waals surface area contributed by atoms with Crippen LogP contribution in [-0.2, 0) is 0 Å². The Morgan fingerprint density at radius 3 is 1.25 bits per heavy atom. The van der Waals surface area contributed by atoms with Gasteiger partial charge in [-0.2, -0.15) is 0 Å². The summed E-state index contributed by atoms with van der Waals surface area (Å²) in [4.78, 5) is 4.85. The Balaban J connectivity index is 0.975. The first-order valence-electron chi connectivity index (χ1n) is 23.1. The zero-order valence-corrected chi connectivity index (χ0v) is 38.0. The van der Waals surface area contributed by atoms with Crippen molar-refractivity contribution < 1.29 is 0 Å². The minimum atomic E-state index is -2.79. The third-order valence-electron chi connectivity index (χ3n) is 13.5. The highest BCUT2D eigenvalue weighted by Gasteiger charge is 2.48. The van der Waals surface area contributed by atoms with E-state index in [0.717, 1.165) is 28.3 Å². The summed E-state index contributed by atoms with van der Waals surface area (Å²) < 4.78 is 0. The van der Waals surface area contributed by atoms with Crippen LogP contribution in [0.4, 0.5) is 34.1 Å². The van der Waals surface area contributed by atoms with Crippen molar-refractivity contribution in [2.24, 2.45) is 0 Å². The molecule has 0 spiro atoms. The quantitative estimate of drug-likeness (QED) is 0.133. The standard InChI is InChI=1S/C64H46N2Si/c1-5-17-47(18-6-1)49-31-38-56(39-32-49)65(57-40-33-50(34-41-57)53-30-29-48-19-13-14-20-52(48)45-53)58-42-35-51(36-43-58)54-37-44-64-62(46-54)66(55-21-7-2-8-22-55)61-27-15-16-28-63(61)67(64,59-23-9-3-10-24-59)60-25-11-4-12-26-60/h1-46H. The monoisotopic (exact) mass is 870 g/mol. The molecule has 2 nitrogen and oxygen atoms in total. The molecule has 0 saturated carbocycles. The fourth-order valence-corrected chi connectivity index (χ4v) is 15.4. The van der Waals surface area contributed by atoms with Gasteiger partial charge in [-0.3, -0.25) is 0 Å². The molecule has 3 heteroatoms. The Morgan fingerprint density at radius 1 is 0.269 bits per heavy atom. The van der Waals surface area contributed by atoms with Crippen LogP contribution in [0.1, 0.15) is 0 Å². The normalized spacial score (nSPS) is 12.6. The summed E-state index contributed by atoms with van der Waals surface area (Å²) in [5, 5.41) is 8.02. The van der Waals surface area contributed by atoms with Gasteiger partial charge in [0.05, 0.1) is 0 Å². The third kappa shape index (κ3) is 7.14. The molecule has 0 amide bonds. The molecular formula is C64H46N2Si. The fourth-order valence-electron chi connectivity index (χ4n) is 10.3. The number of rotatable bonds is 9. The molecule has 0 aliphatic carbocycles. The van der Waals surface area contributed by atoms with Crippen LogP contribution in [0.2, 0.25) is 0 Å². The molecule has 0 saturated heterocycles. The SMILES string of the molecule is c1ccc(-c2ccc(N(c3ccc(-c4ccc5c(c4)N(c4ccccc4)c4ccccc4[Si]5(c4ccccc4)c4ccccc4)cc3)c3ccc(-c4ccc5ccccc5c4)cc3)cc2)cc1. The van der Waals surface area contributed by atoms with E-state index in [1.807, 2.05) is 0 Å². The zero-order chi connectivity index (χ0) is 44.6. The molecule has 11 aromatic carbocycles. The van der Waals surface area contributed by atoms with Gasteiger partial charge in [0.1, 0.15) is 0 Å². The number of fused-ring (bicyclic) bond motifs is 3. The lowest BCUT2D eigenvalue weighted by molar-refractivity contribution is 1.28. The predicted molar refractivity (Wildman–Crippen MR) is 287 cm³/mol. The van der Waals surface area contributed by atoms with Crippen LogP contribution in [0, 0.1) is 0 Å². The van der Waals surface area contributed by atoms with Crippen LogP contribution in [0.3, 0.4) is 0 Å². The highest BCUT2D eigenvalue weighted by molar-refractivity contribution is 7.21. The van der Waals surface area contributed by atoms with E-state index in [2.05, 4.69) is 289 Å². The van der Waals surface area contributed by atoms with Gasteiger partial charge in [0.25, 0.3) is 0 Å². The number of benzene rings is 11. The number of anilines is 6. The van der Waals surface area contributed by atoms with Gasteiger partial charge in [-0.05, 0) is 132 Å². The van der Waals surface area contributed by atoms with Crippen molar-refractivity contribution in [3.8, 4) is 33.4 Å². The van der Waals surface area contributed by atoms with E-state index in [4.69, 9.17) is 0 Å². The molecular weight excluding hydrogens is 825 g/mol. The summed E-state index contributed by atoms with van der Waals surface area (Å²) in [5.41, 5.74) is 14.0. The van der Waals surface area contributed by atoms with Crippen LogP contribution >= 0.6 is 0 Å². The molecule has 67 heavy (non-hydrogen) atoms. The largest absolute Gasteiger partial charge is 0.311 e. The number of hydrogen-bond acceptors (Lipinski definition) is 2. The molecule has 11 aromatic rings. The fraction of sp³-hybridized carbons (Fsp3) is 0. The van der Waals surface area contributed by atoms with Crippen LogP contribution in [-0.4, -0.2) is 8.07 Å². The van der Waals surface area contributed by atoms with Gasteiger partial charge in [0.15, 0.2) is 8.07 Å². The van der Waals surface area contributed by atoms with E-state index in [9.17, 15) is 0 Å². The van der Waals surface area contributed by atoms with Gasteiger partial charge >= 0.3 is 0 Å². The van der Waals surface area contributed by atoms with E-state index >= 15 is 0 Å². The lowest BCUT2D eigenvalue weighted by Gasteiger charge is -2.45. The molecule has 0 aromatic heterocycles. The smallest absolute Gasteiger partial charge is 0.184 e. The number of nitrogens with zero attached hydrogens (tertiary/aromatic N) is 2. The van der Waals surface area contributed by atoms with Crippen LogP contribution in [0.15, 0.2) is 279 Å². The maximum Gasteiger partial charge on any atom is 0.184 e. The van der Waals surface area contributed by atoms with E-state index < -0.39 is 8.07 Å². The summed E-state index contributed by atoms with van der Waals surface area (Å²) in [7, 11) is -2.79. The van der Waals surface area contributed by atoms with E-state index in [1.165, 1.54) is 70.7 Å². The van der Waals surface area contributed by atoms with E-state index in [1.54, 1.807) is 0 Å². The van der Waals surface area contributed by atoms with Crippen molar-refractivity contribution >= 4 is 73.7 Å². The van der Waals surface area contributed by atoms with Gasteiger partial charge in [0, 0.05) is 34.1 Å². The van der Waals surface area contributed by atoms with Crippen molar-refractivity contribution in [3.63, 3.8) is 0 Å². The molecule has 0 bridgehead atoms. The second-order valence-electron chi connectivity index (χ2n) is 17.3. The molecule has 316 valence electrons. The highest BCUT2D eigenvalue weighted by atomic mass is 28.3. The highest BCUT2D eigenvalue weighted by Crippen LogP contribution is 2.42. The van der Waals surface area contributed by atoms with Gasteiger partial charge in [-0.1, -0.05) is 212 Å². The Bertz CT molecular complexity index is 3440. The van der Waals surface area contributed by atoms with Gasteiger partial charge in [-0.15, -0.1) is 0 Å². The number of para-hydroxylation sites is 2. The predicted octanol–water partition coefficient (Wildman–Crippen LogP) is 14.5. The Labute approximate surface area is 394 Å². The molecule has 1 aliphatic heterocycles. The second kappa shape index (κ2) is 17.1. The molecule has 0 radical (unpaired) electrons. The van der Waals surface area contributed by atoms with Gasteiger partial charge < -0.3 is 9.80 Å². The Morgan fingerprint density at radius 2 is 0.672 bits per heavy atom. The lowest BCUT2D eigenvalue weighted by atomic mass is 10.0. The molecule has 0 unspecified atom stereocenters. The Hall–Kier alpha value is -8.50. The number of hydrogen-bond donors (Lipinski definition) is 0. The summed E-state index contributed by atoms with van der Waals surface area (Å²) in [6.45, 7) is 0. The minimum Gasteiger partial charge on any atom is -0.311 e. The maximum absolute atomic E-state index is 2.79. The average Bonchev–Trinajstić information content (AvgIpc) is 3.41. The third-order valence-corrected chi connectivity index (χ3v) is 18.4. The van der Waals surface area contributed by atoms with Crippen LogP contribution < -0.4 is 30.5 Å². The summed E-state index contributed by atoms with van der Waals surface area (Å²) >= 11 is 0. The summed E-state index contributed by atoms with van der Waals surface area (Å²) in [6.07, 6.45) is 0. The first-order valence-corrected chi connectivity index (χ1v) is 25.1. The topological polar surface area (TPSA) is 6.48 Å². The first-order chi connectivity index (χ1) is 33.2. The van der Waals surface area contributed by atoms with E-state index in [-0.39, 0.29) is 0 Å². The van der Waals surface area contributed by atoms with Crippen molar-refractivity contribution in [3.05, 3.63) is 279 Å². The average molecular weight is 871 g/mol. The van der Waals surface area contributed by atoms with Gasteiger partial charge in [0.2, 0.25) is 0 Å². The summed E-state index contributed by atoms with van der Waals surface area (Å²) in [5.74, 6) is 0. The molecule has 0 atom stereocenters. The van der Waals surface area contributed by atoms with Crippen molar-refractivity contribution in [2.75, 3.05) is 9.80 Å². The van der Waals surface area contributed by atoms with Gasteiger partial charge in [-0.25, -0.2) is 0 Å². The second-order valence-corrected chi connectivity index (χ2v) is 21.0. The van der Waals surface area contributed by atoms with Crippen molar-refractivity contribution in [1.82, 2.24) is 0 Å². The first kappa shape index (κ1) is 40.0. The van der Waals surface area contributed by atoms with E-state index in [0.29, 0.717) is 0 Å². The van der Waals surface area contributed by atoms with Crippen LogP contribution in [0.25, 0.3) is 44.2 Å². The molecule has 0 fully saturated rings. The maximum atomic E-state index is 2.49. The van der Waals surface area contributed by atoms with Crippen molar-refractivity contribution in [1.29, 1.82) is 0 Å². The molecule has 1 aliphatic rings. The lowest BCUT2D eigenvalue weighted by Crippen LogP contribution is -2.77. The molecule has 1 heterocycles. The molecule has 12 rings (SSSR count). The van der Waals surface area contributed by atoms with Crippen molar-refractivity contribution in [2.45, 2.75) is 0 Å². The minimum absolute atomic E-state index is 1.09. The zero-order valence-electron chi connectivity index (χ0n) is 37.0.